The Bertz CT molecular complexity index is 1190. The van der Waals surface area contributed by atoms with Gasteiger partial charge in [0, 0.05) is 23.2 Å². The molecule has 0 radical (unpaired) electrons. The van der Waals surface area contributed by atoms with E-state index in [4.69, 9.17) is 5.73 Å². The maximum Gasteiger partial charge on any atom is 0.250 e. The number of amides is 1. The first-order valence-corrected chi connectivity index (χ1v) is 10.7. The second-order valence-electron chi connectivity index (χ2n) is 7.10. The molecule has 28 heavy (non-hydrogen) atoms. The second kappa shape index (κ2) is 6.70. The number of halogens is 2. The van der Waals surface area contributed by atoms with E-state index in [1.165, 1.54) is 12.1 Å². The van der Waals surface area contributed by atoms with E-state index < -0.39 is 27.4 Å². The summed E-state index contributed by atoms with van der Waals surface area (Å²) >= 11 is 0. The Balaban J connectivity index is 1.88. The maximum absolute atomic E-state index is 14.3. The van der Waals surface area contributed by atoms with Crippen LogP contribution in [0.4, 0.5) is 8.78 Å². The number of aromatic nitrogens is 1. The molecule has 8 heteroatoms. The minimum atomic E-state index is -3.01. The molecular formula is C20H18F2N2O3S. The number of nitrogens with one attached hydrogen (secondary N) is 1. The first-order chi connectivity index (χ1) is 13.2. The quantitative estimate of drug-likeness (QED) is 0.700. The van der Waals surface area contributed by atoms with Crippen molar-refractivity contribution in [2.45, 2.75) is 18.8 Å². The third kappa shape index (κ3) is 3.28. The number of hydrogen-bond acceptors (Lipinski definition) is 3. The lowest BCUT2D eigenvalue weighted by Gasteiger charge is -2.21. The zero-order chi connectivity index (χ0) is 20.1. The summed E-state index contributed by atoms with van der Waals surface area (Å²) in [5.74, 6) is -1.88. The highest BCUT2D eigenvalue weighted by Gasteiger charge is 2.27. The molecule has 1 aliphatic heterocycles. The monoisotopic (exact) mass is 404 g/mol. The van der Waals surface area contributed by atoms with Gasteiger partial charge in [-0.1, -0.05) is 0 Å². The molecule has 3 aromatic rings. The van der Waals surface area contributed by atoms with E-state index in [0.29, 0.717) is 29.3 Å². The van der Waals surface area contributed by atoms with Gasteiger partial charge in [0.1, 0.15) is 21.5 Å². The number of H-pyrrole nitrogens is 1. The van der Waals surface area contributed by atoms with Gasteiger partial charge in [0.05, 0.1) is 22.6 Å². The van der Waals surface area contributed by atoms with Crippen LogP contribution in [0.3, 0.4) is 0 Å². The molecule has 1 saturated heterocycles. The smallest absolute Gasteiger partial charge is 0.250 e. The Morgan fingerprint density at radius 2 is 1.82 bits per heavy atom. The van der Waals surface area contributed by atoms with Gasteiger partial charge in [-0.05, 0) is 54.2 Å². The molecule has 2 heterocycles. The molecule has 0 bridgehead atoms. The van der Waals surface area contributed by atoms with Gasteiger partial charge in [0.15, 0.2) is 0 Å². The minimum absolute atomic E-state index is 0.00585. The molecule has 0 aliphatic carbocycles. The molecule has 146 valence electrons. The van der Waals surface area contributed by atoms with Gasteiger partial charge in [-0.15, -0.1) is 0 Å². The predicted molar refractivity (Wildman–Crippen MR) is 103 cm³/mol. The van der Waals surface area contributed by atoms with Crippen molar-refractivity contribution >= 4 is 26.6 Å². The van der Waals surface area contributed by atoms with Crippen molar-refractivity contribution in [3.63, 3.8) is 0 Å². The van der Waals surface area contributed by atoms with Crippen molar-refractivity contribution in [1.82, 2.24) is 4.98 Å². The highest BCUT2D eigenvalue weighted by atomic mass is 32.2. The van der Waals surface area contributed by atoms with Crippen LogP contribution in [0, 0.1) is 11.6 Å². The Morgan fingerprint density at radius 3 is 2.46 bits per heavy atom. The maximum atomic E-state index is 14.3. The SMILES string of the molecule is NC(=O)c1cc(-c2ccc(F)cc2F)cc2c(C3CCS(=O)(=O)CC3)c[nH]c12. The first-order valence-electron chi connectivity index (χ1n) is 8.86. The van der Waals surface area contributed by atoms with Crippen molar-refractivity contribution in [3.8, 4) is 11.1 Å². The van der Waals surface area contributed by atoms with E-state index >= 15 is 0 Å². The van der Waals surface area contributed by atoms with Crippen LogP contribution in [-0.2, 0) is 9.84 Å². The van der Waals surface area contributed by atoms with Crippen LogP contribution >= 0.6 is 0 Å². The largest absolute Gasteiger partial charge is 0.366 e. The van der Waals surface area contributed by atoms with E-state index in [0.717, 1.165) is 17.7 Å². The Hall–Kier alpha value is -2.74. The number of hydrogen-bond donors (Lipinski definition) is 2. The zero-order valence-corrected chi connectivity index (χ0v) is 15.7. The molecular weight excluding hydrogens is 386 g/mol. The summed E-state index contributed by atoms with van der Waals surface area (Å²) in [5, 5.41) is 0.694. The molecule has 0 unspecified atom stereocenters. The number of benzene rings is 2. The molecule has 1 fully saturated rings. The molecule has 1 aliphatic rings. The van der Waals surface area contributed by atoms with Gasteiger partial charge >= 0.3 is 0 Å². The normalized spacial score (nSPS) is 17.1. The number of aromatic amines is 1. The van der Waals surface area contributed by atoms with Crippen LogP contribution in [0.25, 0.3) is 22.0 Å². The van der Waals surface area contributed by atoms with Gasteiger partial charge < -0.3 is 10.7 Å². The van der Waals surface area contributed by atoms with Crippen molar-refractivity contribution in [1.29, 1.82) is 0 Å². The molecule has 1 amide bonds. The van der Waals surface area contributed by atoms with Crippen LogP contribution in [-0.4, -0.2) is 30.8 Å². The highest BCUT2D eigenvalue weighted by molar-refractivity contribution is 7.91. The minimum Gasteiger partial charge on any atom is -0.366 e. The average Bonchev–Trinajstić information content (AvgIpc) is 3.04. The average molecular weight is 404 g/mol. The van der Waals surface area contributed by atoms with Crippen LogP contribution in [0.15, 0.2) is 36.5 Å². The van der Waals surface area contributed by atoms with E-state index in [9.17, 15) is 22.0 Å². The molecule has 3 N–H and O–H groups in total. The summed E-state index contributed by atoms with van der Waals surface area (Å²) in [7, 11) is -3.01. The summed E-state index contributed by atoms with van der Waals surface area (Å²) in [5.41, 5.74) is 7.68. The molecule has 4 rings (SSSR count). The van der Waals surface area contributed by atoms with Crippen molar-refractivity contribution in [2.24, 2.45) is 5.73 Å². The topological polar surface area (TPSA) is 93.0 Å². The van der Waals surface area contributed by atoms with E-state index in [1.54, 1.807) is 12.3 Å². The summed E-state index contributed by atoms with van der Waals surface area (Å²) in [6.45, 7) is 0. The number of carbonyl (C=O) groups is 1. The Labute approximate surface area is 160 Å². The predicted octanol–water partition coefficient (Wildman–Crippen LogP) is 3.50. The van der Waals surface area contributed by atoms with Gasteiger partial charge in [-0.3, -0.25) is 4.79 Å². The van der Waals surface area contributed by atoms with E-state index in [1.807, 2.05) is 0 Å². The lowest BCUT2D eigenvalue weighted by molar-refractivity contribution is 0.100. The van der Waals surface area contributed by atoms with Crippen LogP contribution in [0.2, 0.25) is 0 Å². The number of carbonyl (C=O) groups excluding carboxylic acids is 1. The van der Waals surface area contributed by atoms with Crippen LogP contribution in [0.5, 0.6) is 0 Å². The van der Waals surface area contributed by atoms with Crippen molar-refractivity contribution in [3.05, 3.63) is 59.3 Å². The molecule has 2 aromatic carbocycles. The summed E-state index contributed by atoms with van der Waals surface area (Å²) in [6.07, 6.45) is 2.72. The summed E-state index contributed by atoms with van der Waals surface area (Å²) in [6, 6.07) is 6.46. The lowest BCUT2D eigenvalue weighted by atomic mass is 9.90. The highest BCUT2D eigenvalue weighted by Crippen LogP contribution is 2.37. The number of sulfone groups is 1. The Morgan fingerprint density at radius 1 is 1.11 bits per heavy atom. The number of rotatable bonds is 3. The zero-order valence-electron chi connectivity index (χ0n) is 14.8. The number of primary amides is 1. The fraction of sp³-hybridized carbons (Fsp3) is 0.250. The molecule has 5 nitrogen and oxygen atoms in total. The molecule has 0 saturated carbocycles. The third-order valence-electron chi connectivity index (χ3n) is 5.32. The standard InChI is InChI=1S/C20H18F2N2O3S/c21-13-1-2-14(18(22)9-13)12-7-15-17(11-3-5-28(26,27)6-4-11)10-24-19(15)16(8-12)20(23)25/h1-2,7-11,24H,3-6H2,(H2,23,25). The van der Waals surface area contributed by atoms with E-state index in [2.05, 4.69) is 4.98 Å². The van der Waals surface area contributed by atoms with Gasteiger partial charge in [0.25, 0.3) is 5.91 Å². The summed E-state index contributed by atoms with van der Waals surface area (Å²) < 4.78 is 51.1. The van der Waals surface area contributed by atoms with E-state index in [-0.39, 0.29) is 28.6 Å². The lowest BCUT2D eigenvalue weighted by Crippen LogP contribution is -2.22. The summed E-state index contributed by atoms with van der Waals surface area (Å²) in [4.78, 5) is 15.0. The van der Waals surface area contributed by atoms with Gasteiger partial charge in [0.2, 0.25) is 0 Å². The molecule has 1 aromatic heterocycles. The fourth-order valence-corrected chi connectivity index (χ4v) is 5.36. The molecule has 0 atom stereocenters. The van der Waals surface area contributed by atoms with Gasteiger partial charge in [-0.25, -0.2) is 17.2 Å². The first kappa shape index (κ1) is 18.6. The fourth-order valence-electron chi connectivity index (χ4n) is 3.87. The van der Waals surface area contributed by atoms with Crippen LogP contribution in [0.1, 0.15) is 34.7 Å². The molecule has 0 spiro atoms. The number of fused-ring (bicyclic) bond motifs is 1. The third-order valence-corrected chi connectivity index (χ3v) is 7.04. The van der Waals surface area contributed by atoms with Gasteiger partial charge in [-0.2, -0.15) is 0 Å². The van der Waals surface area contributed by atoms with Crippen LogP contribution < -0.4 is 5.73 Å². The Kier molecular flexibility index (Phi) is 4.45. The number of nitrogens with two attached hydrogens (primary N) is 1. The van der Waals surface area contributed by atoms with Crippen molar-refractivity contribution in [2.75, 3.05) is 11.5 Å². The second-order valence-corrected chi connectivity index (χ2v) is 9.41. The van der Waals surface area contributed by atoms with Crippen molar-refractivity contribution < 1.29 is 22.0 Å².